The van der Waals surface area contributed by atoms with Crippen LogP contribution in [-0.4, -0.2) is 15.7 Å². The second kappa shape index (κ2) is 6.92. The molecule has 0 radical (unpaired) electrons. The molecule has 0 fully saturated rings. The highest BCUT2D eigenvalue weighted by Crippen LogP contribution is 2.24. The van der Waals surface area contributed by atoms with Crippen molar-refractivity contribution >= 4 is 11.6 Å². The Morgan fingerprint density at radius 2 is 1.78 bits per heavy atom. The van der Waals surface area contributed by atoms with E-state index in [4.69, 9.17) is 4.42 Å². The number of halogens is 1. The van der Waals surface area contributed by atoms with Gasteiger partial charge in [0.25, 0.3) is 5.91 Å². The highest BCUT2D eigenvalue weighted by molar-refractivity contribution is 6.04. The van der Waals surface area contributed by atoms with Gasteiger partial charge in [-0.1, -0.05) is 30.3 Å². The highest BCUT2D eigenvalue weighted by Gasteiger charge is 2.20. The van der Waals surface area contributed by atoms with Crippen molar-refractivity contribution in [2.75, 3.05) is 5.32 Å². The minimum atomic E-state index is -0.501. The summed E-state index contributed by atoms with van der Waals surface area (Å²) in [5.74, 6) is 0.336. The topological polar surface area (TPSA) is 60.1 Å². The predicted molar refractivity (Wildman–Crippen MR) is 100 cm³/mol. The number of carbonyl (C=O) groups excluding carboxylic acids is 1. The van der Waals surface area contributed by atoms with Crippen LogP contribution in [0.1, 0.15) is 16.2 Å². The molecule has 134 valence electrons. The first kappa shape index (κ1) is 16.8. The maximum atomic E-state index is 13.9. The molecule has 0 spiro atoms. The molecule has 5 nitrogen and oxygen atoms in total. The van der Waals surface area contributed by atoms with Crippen LogP contribution in [0.2, 0.25) is 0 Å². The lowest BCUT2D eigenvalue weighted by Crippen LogP contribution is -2.17. The van der Waals surface area contributed by atoms with Gasteiger partial charge in [0.2, 0.25) is 0 Å². The second-order valence-electron chi connectivity index (χ2n) is 6.01. The quantitative estimate of drug-likeness (QED) is 0.566. The summed E-state index contributed by atoms with van der Waals surface area (Å²) in [6.45, 7) is 1.84. The minimum absolute atomic E-state index is 0.110. The first-order valence-corrected chi connectivity index (χ1v) is 8.40. The monoisotopic (exact) mass is 361 g/mol. The molecule has 1 amide bonds. The van der Waals surface area contributed by atoms with Crippen LogP contribution in [0.4, 0.5) is 10.1 Å². The molecule has 6 heteroatoms. The number of benzene rings is 2. The van der Waals surface area contributed by atoms with Crippen LogP contribution >= 0.6 is 0 Å². The zero-order valence-corrected chi connectivity index (χ0v) is 14.5. The Morgan fingerprint density at radius 3 is 2.48 bits per heavy atom. The fraction of sp³-hybridized carbons (Fsp3) is 0.0476. The van der Waals surface area contributed by atoms with E-state index in [1.54, 1.807) is 24.3 Å². The molecule has 0 aliphatic rings. The molecular weight excluding hydrogens is 345 g/mol. The lowest BCUT2D eigenvalue weighted by Gasteiger charge is -2.08. The van der Waals surface area contributed by atoms with Crippen LogP contribution in [0.15, 0.2) is 77.2 Å². The highest BCUT2D eigenvalue weighted by atomic mass is 19.1. The predicted octanol–water partition coefficient (Wildman–Crippen LogP) is 4.83. The smallest absolute Gasteiger partial charge is 0.274 e. The van der Waals surface area contributed by atoms with Gasteiger partial charge in [-0.2, -0.15) is 5.10 Å². The fourth-order valence-corrected chi connectivity index (χ4v) is 2.75. The molecule has 0 unspecified atom stereocenters. The van der Waals surface area contributed by atoms with Crippen LogP contribution in [0, 0.1) is 12.7 Å². The van der Waals surface area contributed by atoms with Crippen molar-refractivity contribution < 1.29 is 13.6 Å². The summed E-state index contributed by atoms with van der Waals surface area (Å²) in [6, 6.07) is 20.5. The molecule has 0 aliphatic carbocycles. The van der Waals surface area contributed by atoms with Gasteiger partial charge in [0.15, 0.2) is 5.76 Å². The molecule has 0 bridgehead atoms. The Labute approximate surface area is 155 Å². The Balaban J connectivity index is 1.77. The fourth-order valence-electron chi connectivity index (χ4n) is 2.75. The number of hydrogen-bond donors (Lipinski definition) is 1. The molecule has 0 aliphatic heterocycles. The number of para-hydroxylation sites is 2. The van der Waals surface area contributed by atoms with Gasteiger partial charge in [0, 0.05) is 6.07 Å². The van der Waals surface area contributed by atoms with E-state index in [0.29, 0.717) is 17.1 Å². The van der Waals surface area contributed by atoms with Crippen molar-refractivity contribution in [1.29, 1.82) is 0 Å². The van der Waals surface area contributed by atoms with Gasteiger partial charge in [-0.15, -0.1) is 0 Å². The maximum absolute atomic E-state index is 13.9. The molecule has 2 heterocycles. The van der Waals surface area contributed by atoms with Crippen LogP contribution in [-0.2, 0) is 0 Å². The molecular formula is C21H16FN3O2. The summed E-state index contributed by atoms with van der Waals surface area (Å²) < 4.78 is 21.1. The molecule has 0 atom stereocenters. The molecule has 2 aromatic heterocycles. The third-order valence-electron chi connectivity index (χ3n) is 4.06. The van der Waals surface area contributed by atoms with Crippen LogP contribution in [0.5, 0.6) is 0 Å². The Kier molecular flexibility index (Phi) is 4.30. The first-order valence-electron chi connectivity index (χ1n) is 8.40. The number of amides is 1. The number of furan rings is 1. The van der Waals surface area contributed by atoms with Gasteiger partial charge in [0.05, 0.1) is 11.4 Å². The Bertz CT molecular complexity index is 1100. The lowest BCUT2D eigenvalue weighted by atomic mass is 10.2. The van der Waals surface area contributed by atoms with Crippen LogP contribution < -0.4 is 5.32 Å². The van der Waals surface area contributed by atoms with E-state index in [-0.39, 0.29) is 11.4 Å². The molecule has 1 N–H and O–H groups in total. The Morgan fingerprint density at radius 1 is 1.04 bits per heavy atom. The number of nitrogens with zero attached hydrogens (tertiary/aromatic N) is 2. The largest absolute Gasteiger partial charge is 0.460 e. The van der Waals surface area contributed by atoms with Gasteiger partial charge in [-0.05, 0) is 43.3 Å². The molecule has 2 aromatic carbocycles. The zero-order valence-electron chi connectivity index (χ0n) is 14.5. The van der Waals surface area contributed by atoms with Crippen molar-refractivity contribution in [3.8, 4) is 17.1 Å². The number of rotatable bonds is 4. The molecule has 4 rings (SSSR count). The number of carbonyl (C=O) groups is 1. The van der Waals surface area contributed by atoms with Crippen molar-refractivity contribution in [2.24, 2.45) is 0 Å². The summed E-state index contributed by atoms with van der Waals surface area (Å²) in [5, 5.41) is 7.12. The maximum Gasteiger partial charge on any atom is 0.274 e. The SMILES string of the molecule is Cc1ccc(-c2cc(C(=O)Nc3ccccc3F)n(-c3ccccc3)n2)o1. The van der Waals surface area contributed by atoms with Crippen LogP contribution in [0.25, 0.3) is 17.1 Å². The number of hydrogen-bond acceptors (Lipinski definition) is 3. The molecule has 0 saturated heterocycles. The van der Waals surface area contributed by atoms with E-state index in [1.807, 2.05) is 43.3 Å². The van der Waals surface area contributed by atoms with Gasteiger partial charge < -0.3 is 9.73 Å². The summed E-state index contributed by atoms with van der Waals surface area (Å²) in [6.07, 6.45) is 0. The van der Waals surface area contributed by atoms with Gasteiger partial charge in [-0.25, -0.2) is 9.07 Å². The number of anilines is 1. The van der Waals surface area contributed by atoms with Gasteiger partial charge in [0.1, 0.15) is 23.0 Å². The standard InChI is InChI=1S/C21H16FN3O2/c1-14-11-12-20(27-14)18-13-19(25(24-18)15-7-3-2-4-8-15)21(26)23-17-10-6-5-9-16(17)22/h2-13H,1H3,(H,23,26). The molecule has 27 heavy (non-hydrogen) atoms. The first-order chi connectivity index (χ1) is 13.1. The zero-order chi connectivity index (χ0) is 18.8. The summed E-state index contributed by atoms with van der Waals surface area (Å²) in [4.78, 5) is 12.8. The van der Waals surface area contributed by atoms with Crippen molar-refractivity contribution in [3.63, 3.8) is 0 Å². The third-order valence-corrected chi connectivity index (χ3v) is 4.06. The third kappa shape index (κ3) is 3.37. The Hall–Kier alpha value is -3.67. The number of nitrogens with one attached hydrogen (secondary N) is 1. The average Bonchev–Trinajstić information content (AvgIpc) is 3.31. The molecule has 0 saturated carbocycles. The van der Waals surface area contributed by atoms with Crippen molar-refractivity contribution in [1.82, 2.24) is 9.78 Å². The average molecular weight is 361 g/mol. The number of aromatic nitrogens is 2. The van der Waals surface area contributed by atoms with E-state index in [9.17, 15) is 9.18 Å². The summed E-state index contributed by atoms with van der Waals surface area (Å²) >= 11 is 0. The van der Waals surface area contributed by atoms with E-state index >= 15 is 0 Å². The summed E-state index contributed by atoms with van der Waals surface area (Å²) in [7, 11) is 0. The summed E-state index contributed by atoms with van der Waals surface area (Å²) in [5.41, 5.74) is 1.61. The van der Waals surface area contributed by atoms with E-state index in [1.165, 1.54) is 16.8 Å². The van der Waals surface area contributed by atoms with Gasteiger partial charge >= 0.3 is 0 Å². The van der Waals surface area contributed by atoms with Crippen molar-refractivity contribution in [3.05, 3.63) is 90.1 Å². The van der Waals surface area contributed by atoms with E-state index < -0.39 is 11.7 Å². The lowest BCUT2D eigenvalue weighted by molar-refractivity contribution is 0.101. The number of aryl methyl sites for hydroxylation is 1. The van der Waals surface area contributed by atoms with Gasteiger partial charge in [-0.3, -0.25) is 4.79 Å². The second-order valence-corrected chi connectivity index (χ2v) is 6.01. The van der Waals surface area contributed by atoms with E-state index in [2.05, 4.69) is 10.4 Å². The van der Waals surface area contributed by atoms with Crippen LogP contribution in [0.3, 0.4) is 0 Å². The van der Waals surface area contributed by atoms with E-state index in [0.717, 1.165) is 5.76 Å². The molecule has 4 aromatic rings. The normalized spacial score (nSPS) is 10.7. The van der Waals surface area contributed by atoms with Crippen molar-refractivity contribution in [2.45, 2.75) is 6.92 Å². The minimum Gasteiger partial charge on any atom is -0.460 e.